The van der Waals surface area contributed by atoms with Gasteiger partial charge in [0.15, 0.2) is 0 Å². The Hall–Kier alpha value is -2.66. The summed E-state index contributed by atoms with van der Waals surface area (Å²) in [5.74, 6) is -1.19. The van der Waals surface area contributed by atoms with Crippen molar-refractivity contribution in [2.45, 2.75) is 23.1 Å². The van der Waals surface area contributed by atoms with Gasteiger partial charge < -0.3 is 4.84 Å². The molecule has 0 bridgehead atoms. The molecule has 3 aromatic rings. The van der Waals surface area contributed by atoms with Crippen LogP contribution in [0.4, 0.5) is 17.6 Å². The zero-order chi connectivity index (χ0) is 24.9. The smallest absolute Gasteiger partial charge is 0.374 e. The fourth-order valence-electron chi connectivity index (χ4n) is 3.71. The standard InChI is InChI=1S/C22H13Cl2F4NO4S/c23-14-8-13(9-15(24)10-14)21(22(26,27)28)11-17(29-33-21)16-6-7-18(34(30,31)32)19(20(16)25)12-4-2-1-3-5-12/h1-10H,11H2,(H,30,31,32). The lowest BCUT2D eigenvalue weighted by atomic mass is 9.86. The van der Waals surface area contributed by atoms with Gasteiger partial charge in [-0.3, -0.25) is 4.55 Å². The maximum absolute atomic E-state index is 15.6. The van der Waals surface area contributed by atoms with Crippen molar-refractivity contribution >= 4 is 39.0 Å². The van der Waals surface area contributed by atoms with Crippen LogP contribution in [-0.4, -0.2) is 24.9 Å². The summed E-state index contributed by atoms with van der Waals surface area (Å²) in [6.45, 7) is 0. The number of halogens is 6. The summed E-state index contributed by atoms with van der Waals surface area (Å²) in [5.41, 5.74) is -4.72. The zero-order valence-electron chi connectivity index (χ0n) is 16.8. The van der Waals surface area contributed by atoms with E-state index >= 15 is 4.39 Å². The second-order valence-electron chi connectivity index (χ2n) is 7.43. The minimum Gasteiger partial charge on any atom is -0.374 e. The second kappa shape index (κ2) is 8.53. The molecule has 4 rings (SSSR count). The predicted molar refractivity (Wildman–Crippen MR) is 118 cm³/mol. The normalized spacial score (nSPS) is 18.5. The second-order valence-corrected chi connectivity index (χ2v) is 9.69. The van der Waals surface area contributed by atoms with Gasteiger partial charge in [0.25, 0.3) is 15.7 Å². The van der Waals surface area contributed by atoms with Crippen LogP contribution >= 0.6 is 23.2 Å². The molecule has 1 heterocycles. The van der Waals surface area contributed by atoms with Crippen molar-refractivity contribution in [3.63, 3.8) is 0 Å². The van der Waals surface area contributed by atoms with Gasteiger partial charge >= 0.3 is 6.18 Å². The molecule has 12 heteroatoms. The van der Waals surface area contributed by atoms with E-state index in [1.54, 1.807) is 6.07 Å². The van der Waals surface area contributed by atoms with E-state index < -0.39 is 61.4 Å². The van der Waals surface area contributed by atoms with Crippen molar-refractivity contribution < 1.29 is 35.4 Å². The van der Waals surface area contributed by atoms with Crippen LogP contribution in [-0.2, 0) is 20.6 Å². The van der Waals surface area contributed by atoms with Crippen molar-refractivity contribution in [1.82, 2.24) is 0 Å². The molecule has 5 nitrogen and oxygen atoms in total. The summed E-state index contributed by atoms with van der Waals surface area (Å²) in [5, 5.41) is 3.37. The number of oxime groups is 1. The first-order valence-corrected chi connectivity index (χ1v) is 11.7. The van der Waals surface area contributed by atoms with Gasteiger partial charge in [0.2, 0.25) is 0 Å². The lowest BCUT2D eigenvalue weighted by Crippen LogP contribution is -2.42. The van der Waals surface area contributed by atoms with Crippen LogP contribution in [0.15, 0.2) is 70.7 Å². The quantitative estimate of drug-likeness (QED) is 0.301. The summed E-state index contributed by atoms with van der Waals surface area (Å²) < 4.78 is 91.6. The molecule has 1 unspecified atom stereocenters. The summed E-state index contributed by atoms with van der Waals surface area (Å²) in [4.78, 5) is 4.13. The Balaban J connectivity index is 1.87. The molecule has 3 aromatic carbocycles. The molecule has 1 aliphatic heterocycles. The molecule has 34 heavy (non-hydrogen) atoms. The zero-order valence-corrected chi connectivity index (χ0v) is 19.1. The fraction of sp³-hybridized carbons (Fsp3) is 0.136. The van der Waals surface area contributed by atoms with Crippen molar-refractivity contribution in [1.29, 1.82) is 0 Å². The Labute approximate surface area is 201 Å². The minimum absolute atomic E-state index is 0.0711. The molecule has 1 atom stereocenters. The molecular formula is C22H13Cl2F4NO4S. The molecule has 0 spiro atoms. The van der Waals surface area contributed by atoms with Gasteiger partial charge in [0.1, 0.15) is 10.7 Å². The number of hydrogen-bond acceptors (Lipinski definition) is 4. The van der Waals surface area contributed by atoms with Gasteiger partial charge in [-0.1, -0.05) is 58.7 Å². The molecule has 0 aromatic heterocycles. The summed E-state index contributed by atoms with van der Waals surface area (Å²) in [6, 6.07) is 12.5. The molecule has 0 fully saturated rings. The fourth-order valence-corrected chi connectivity index (χ4v) is 4.94. The number of hydrogen-bond donors (Lipinski definition) is 1. The van der Waals surface area contributed by atoms with E-state index in [1.807, 2.05) is 0 Å². The highest BCUT2D eigenvalue weighted by molar-refractivity contribution is 7.86. The molecule has 178 valence electrons. The van der Waals surface area contributed by atoms with E-state index in [0.717, 1.165) is 24.3 Å². The lowest BCUT2D eigenvalue weighted by Gasteiger charge is -2.29. The Bertz CT molecular complexity index is 1390. The average Bonchev–Trinajstić information content (AvgIpc) is 3.19. The molecule has 0 saturated carbocycles. The van der Waals surface area contributed by atoms with Crippen molar-refractivity contribution in [3.05, 3.63) is 87.7 Å². The first-order valence-electron chi connectivity index (χ1n) is 9.47. The van der Waals surface area contributed by atoms with Crippen molar-refractivity contribution in [3.8, 4) is 11.1 Å². The lowest BCUT2D eigenvalue weighted by molar-refractivity contribution is -0.275. The van der Waals surface area contributed by atoms with E-state index in [9.17, 15) is 26.1 Å². The average molecular weight is 534 g/mol. The van der Waals surface area contributed by atoms with Gasteiger partial charge in [-0.2, -0.15) is 21.6 Å². The molecule has 1 aliphatic rings. The number of nitrogens with zero attached hydrogens (tertiary/aromatic N) is 1. The van der Waals surface area contributed by atoms with Gasteiger partial charge in [0.05, 0.1) is 12.1 Å². The van der Waals surface area contributed by atoms with Gasteiger partial charge in [-0.15, -0.1) is 0 Å². The van der Waals surface area contributed by atoms with E-state index in [1.165, 1.54) is 30.3 Å². The third-order valence-corrected chi connectivity index (χ3v) is 6.60. The monoisotopic (exact) mass is 533 g/mol. The molecule has 1 N–H and O–H groups in total. The highest BCUT2D eigenvalue weighted by Crippen LogP contribution is 2.50. The Kier molecular flexibility index (Phi) is 6.14. The van der Waals surface area contributed by atoms with Crippen LogP contribution in [0.3, 0.4) is 0 Å². The summed E-state index contributed by atoms with van der Waals surface area (Å²) in [6.07, 6.45) is -5.94. The number of alkyl halides is 3. The van der Waals surface area contributed by atoms with Crippen molar-refractivity contribution in [2.75, 3.05) is 0 Å². The maximum atomic E-state index is 15.6. The highest BCUT2D eigenvalue weighted by Gasteiger charge is 2.62. The van der Waals surface area contributed by atoms with Gasteiger partial charge in [-0.25, -0.2) is 4.39 Å². The molecule has 0 aliphatic carbocycles. The van der Waals surface area contributed by atoms with Gasteiger partial charge in [0, 0.05) is 26.7 Å². The number of benzene rings is 3. The Morgan fingerprint density at radius 1 is 1.00 bits per heavy atom. The molecule has 0 saturated heterocycles. The van der Waals surface area contributed by atoms with Crippen LogP contribution in [0.1, 0.15) is 17.5 Å². The SMILES string of the molecule is O=S(=O)(O)c1ccc(C2=NOC(c3cc(Cl)cc(Cl)c3)(C(F)(F)F)C2)c(F)c1-c1ccccc1. The maximum Gasteiger partial charge on any atom is 0.435 e. The highest BCUT2D eigenvalue weighted by atomic mass is 35.5. The minimum atomic E-state index is -5.00. The van der Waals surface area contributed by atoms with E-state index in [0.29, 0.717) is 0 Å². The van der Waals surface area contributed by atoms with Crippen LogP contribution in [0.5, 0.6) is 0 Å². The molecular weight excluding hydrogens is 521 g/mol. The van der Waals surface area contributed by atoms with Gasteiger partial charge in [-0.05, 0) is 35.9 Å². The Morgan fingerprint density at radius 3 is 2.18 bits per heavy atom. The van der Waals surface area contributed by atoms with E-state index in [2.05, 4.69) is 5.16 Å². The topological polar surface area (TPSA) is 76.0 Å². The van der Waals surface area contributed by atoms with E-state index in [4.69, 9.17) is 28.0 Å². The third kappa shape index (κ3) is 4.26. The third-order valence-electron chi connectivity index (χ3n) is 5.27. The van der Waals surface area contributed by atoms with Crippen LogP contribution < -0.4 is 0 Å². The van der Waals surface area contributed by atoms with E-state index in [-0.39, 0.29) is 15.6 Å². The van der Waals surface area contributed by atoms with Crippen molar-refractivity contribution in [2.24, 2.45) is 5.16 Å². The van der Waals surface area contributed by atoms with Crippen LogP contribution in [0, 0.1) is 5.82 Å². The van der Waals surface area contributed by atoms with Crippen LogP contribution in [0.25, 0.3) is 11.1 Å². The first-order chi connectivity index (χ1) is 15.8. The predicted octanol–water partition coefficient (Wildman–Crippen LogP) is 6.63. The largest absolute Gasteiger partial charge is 0.435 e. The number of rotatable bonds is 4. The Morgan fingerprint density at radius 2 is 1.62 bits per heavy atom. The molecule has 0 amide bonds. The summed E-state index contributed by atoms with van der Waals surface area (Å²) >= 11 is 11.8. The first kappa shape index (κ1) is 24.5. The van der Waals surface area contributed by atoms with Crippen LogP contribution in [0.2, 0.25) is 10.0 Å². The summed E-state index contributed by atoms with van der Waals surface area (Å²) in [7, 11) is -4.86. The molecule has 0 radical (unpaired) electrons.